The zero-order chi connectivity index (χ0) is 17.0. The summed E-state index contributed by atoms with van der Waals surface area (Å²) in [5, 5.41) is 0. The van der Waals surface area contributed by atoms with E-state index in [0.717, 1.165) is 25.7 Å². The third-order valence-corrected chi connectivity index (χ3v) is 6.69. The number of nitrogens with zero attached hydrogens (tertiary/aromatic N) is 1. The minimum atomic E-state index is -3.19. The first-order chi connectivity index (χ1) is 11.6. The number of ether oxygens (including phenoxy) is 1. The average Bonchev–Trinajstić information content (AvgIpc) is 2.89. The lowest BCUT2D eigenvalue weighted by Gasteiger charge is -2.20. The third-order valence-electron chi connectivity index (χ3n) is 4.82. The van der Waals surface area contributed by atoms with Gasteiger partial charge in [-0.05, 0) is 56.4 Å². The van der Waals surface area contributed by atoms with Crippen LogP contribution in [-0.4, -0.2) is 32.8 Å². The molecule has 1 heterocycles. The number of carbonyl (C=O) groups excluding carboxylic acids is 1. The van der Waals surface area contributed by atoms with Crippen LogP contribution in [0.2, 0.25) is 0 Å². The molecule has 0 N–H and O–H groups in total. The summed E-state index contributed by atoms with van der Waals surface area (Å²) in [5.41, 5.74) is 1.10. The molecular formula is C18H25NO4S. The second-order valence-corrected chi connectivity index (χ2v) is 8.67. The van der Waals surface area contributed by atoms with E-state index >= 15 is 0 Å². The van der Waals surface area contributed by atoms with Gasteiger partial charge in [0.2, 0.25) is 10.0 Å². The maximum absolute atomic E-state index is 12.3. The van der Waals surface area contributed by atoms with Gasteiger partial charge in [-0.25, -0.2) is 13.2 Å². The first-order valence-corrected chi connectivity index (χ1v) is 10.5. The second-order valence-electron chi connectivity index (χ2n) is 6.66. The number of hydrogen-bond acceptors (Lipinski definition) is 4. The van der Waals surface area contributed by atoms with E-state index in [9.17, 15) is 13.2 Å². The lowest BCUT2D eigenvalue weighted by Crippen LogP contribution is -2.25. The largest absolute Gasteiger partial charge is 0.459 e. The van der Waals surface area contributed by atoms with Crippen LogP contribution in [0.5, 0.6) is 0 Å². The molecule has 2 fully saturated rings. The van der Waals surface area contributed by atoms with Crippen molar-refractivity contribution in [3.63, 3.8) is 0 Å². The molecular weight excluding hydrogens is 326 g/mol. The average molecular weight is 351 g/mol. The van der Waals surface area contributed by atoms with Gasteiger partial charge in [-0.15, -0.1) is 0 Å². The zero-order valence-electron chi connectivity index (χ0n) is 13.9. The summed E-state index contributed by atoms with van der Waals surface area (Å²) >= 11 is 0. The number of benzene rings is 1. The van der Waals surface area contributed by atoms with Gasteiger partial charge in [0.05, 0.1) is 17.0 Å². The summed E-state index contributed by atoms with van der Waals surface area (Å²) in [6.45, 7) is 0.508. The van der Waals surface area contributed by atoms with E-state index in [1.165, 1.54) is 23.6 Å². The van der Waals surface area contributed by atoms with Crippen LogP contribution in [0.1, 0.15) is 61.7 Å². The molecule has 1 aromatic rings. The molecule has 6 heteroatoms. The van der Waals surface area contributed by atoms with Crippen molar-refractivity contribution < 1.29 is 17.9 Å². The minimum absolute atomic E-state index is 0.0106. The van der Waals surface area contributed by atoms with Gasteiger partial charge in [-0.2, -0.15) is 0 Å². The Balaban J connectivity index is 1.63. The van der Waals surface area contributed by atoms with Gasteiger partial charge in [0.25, 0.3) is 0 Å². The quantitative estimate of drug-likeness (QED) is 0.782. The van der Waals surface area contributed by atoms with Gasteiger partial charge in [0.1, 0.15) is 6.10 Å². The fourth-order valence-electron chi connectivity index (χ4n) is 3.45. The van der Waals surface area contributed by atoms with Crippen molar-refractivity contribution >= 4 is 21.7 Å². The molecule has 5 nitrogen and oxygen atoms in total. The number of hydrogen-bond donors (Lipinski definition) is 0. The second kappa shape index (κ2) is 7.55. The van der Waals surface area contributed by atoms with Crippen molar-refractivity contribution in [2.24, 2.45) is 0 Å². The van der Waals surface area contributed by atoms with Crippen LogP contribution in [0.25, 0.3) is 0 Å². The Morgan fingerprint density at radius 2 is 1.58 bits per heavy atom. The molecule has 0 spiro atoms. The predicted octanol–water partition coefficient (Wildman–Crippen LogP) is 3.50. The van der Waals surface area contributed by atoms with Crippen LogP contribution in [0.4, 0.5) is 5.69 Å². The van der Waals surface area contributed by atoms with Crippen molar-refractivity contribution in [3.05, 3.63) is 29.8 Å². The van der Waals surface area contributed by atoms with Gasteiger partial charge in [0, 0.05) is 6.54 Å². The van der Waals surface area contributed by atoms with E-state index in [2.05, 4.69) is 0 Å². The first kappa shape index (κ1) is 17.3. The van der Waals surface area contributed by atoms with Crippen LogP contribution in [0.15, 0.2) is 24.3 Å². The summed E-state index contributed by atoms with van der Waals surface area (Å²) in [6.07, 6.45) is 8.48. The molecule has 0 unspecified atom stereocenters. The Bertz CT molecular complexity index is 661. The molecule has 24 heavy (non-hydrogen) atoms. The summed E-state index contributed by atoms with van der Waals surface area (Å²) in [7, 11) is -3.19. The Labute approximate surface area is 144 Å². The Morgan fingerprint density at radius 3 is 2.17 bits per heavy atom. The lowest BCUT2D eigenvalue weighted by atomic mass is 9.98. The normalized spacial score (nSPS) is 21.9. The van der Waals surface area contributed by atoms with Crippen LogP contribution in [-0.2, 0) is 14.8 Å². The Morgan fingerprint density at radius 1 is 0.958 bits per heavy atom. The van der Waals surface area contributed by atoms with Crippen molar-refractivity contribution in [1.82, 2.24) is 0 Å². The smallest absolute Gasteiger partial charge is 0.338 e. The van der Waals surface area contributed by atoms with E-state index < -0.39 is 10.0 Å². The van der Waals surface area contributed by atoms with Crippen molar-refractivity contribution in [2.45, 2.75) is 57.5 Å². The topological polar surface area (TPSA) is 63.7 Å². The SMILES string of the molecule is O=C(OC1CCCCCCC1)c1ccc(N2CCCS2(=O)=O)cc1. The van der Waals surface area contributed by atoms with Gasteiger partial charge < -0.3 is 4.74 Å². The van der Waals surface area contributed by atoms with Crippen molar-refractivity contribution in [1.29, 1.82) is 0 Å². The summed E-state index contributed by atoms with van der Waals surface area (Å²) < 4.78 is 30.9. The highest BCUT2D eigenvalue weighted by Crippen LogP contribution is 2.25. The zero-order valence-corrected chi connectivity index (χ0v) is 14.8. The molecule has 1 saturated carbocycles. The summed E-state index contributed by atoms with van der Waals surface area (Å²) in [5.74, 6) is -0.116. The van der Waals surface area contributed by atoms with E-state index in [-0.39, 0.29) is 17.8 Å². The van der Waals surface area contributed by atoms with E-state index in [1.807, 2.05) is 0 Å². The third kappa shape index (κ3) is 4.09. The molecule has 0 amide bonds. The summed E-state index contributed by atoms with van der Waals surface area (Å²) in [6, 6.07) is 6.71. The number of carbonyl (C=O) groups is 1. The molecule has 0 bridgehead atoms. The number of rotatable bonds is 3. The molecule has 2 aliphatic rings. The van der Waals surface area contributed by atoms with E-state index in [4.69, 9.17) is 4.74 Å². The molecule has 0 radical (unpaired) electrons. The van der Waals surface area contributed by atoms with E-state index in [1.54, 1.807) is 24.3 Å². The van der Waals surface area contributed by atoms with Gasteiger partial charge in [-0.1, -0.05) is 19.3 Å². The first-order valence-electron chi connectivity index (χ1n) is 8.88. The molecule has 132 valence electrons. The van der Waals surface area contributed by atoms with Crippen LogP contribution in [0, 0.1) is 0 Å². The van der Waals surface area contributed by atoms with Crippen molar-refractivity contribution in [2.75, 3.05) is 16.6 Å². The fourth-order valence-corrected chi connectivity index (χ4v) is 5.01. The maximum atomic E-state index is 12.3. The molecule has 0 aromatic heterocycles. The standard InChI is InChI=1S/C18H25NO4S/c20-18(23-17-7-4-2-1-3-5-8-17)15-9-11-16(12-10-15)19-13-6-14-24(19,21)22/h9-12,17H,1-8,13-14H2. The van der Waals surface area contributed by atoms with Crippen LogP contribution in [0.3, 0.4) is 0 Å². The van der Waals surface area contributed by atoms with Crippen molar-refractivity contribution in [3.8, 4) is 0 Å². The molecule has 1 aliphatic heterocycles. The van der Waals surface area contributed by atoms with Crippen LogP contribution < -0.4 is 4.31 Å². The molecule has 1 aliphatic carbocycles. The highest BCUT2D eigenvalue weighted by molar-refractivity contribution is 7.93. The highest BCUT2D eigenvalue weighted by Gasteiger charge is 2.28. The van der Waals surface area contributed by atoms with Gasteiger partial charge >= 0.3 is 5.97 Å². The lowest BCUT2D eigenvalue weighted by molar-refractivity contribution is 0.0239. The minimum Gasteiger partial charge on any atom is -0.459 e. The molecule has 3 rings (SSSR count). The van der Waals surface area contributed by atoms with E-state index in [0.29, 0.717) is 24.2 Å². The Kier molecular flexibility index (Phi) is 5.43. The number of esters is 1. The predicted molar refractivity (Wildman–Crippen MR) is 93.7 cm³/mol. The molecule has 0 atom stereocenters. The maximum Gasteiger partial charge on any atom is 0.338 e. The molecule has 1 aromatic carbocycles. The monoisotopic (exact) mass is 351 g/mol. The molecule has 1 saturated heterocycles. The highest BCUT2D eigenvalue weighted by atomic mass is 32.2. The number of sulfonamides is 1. The Hall–Kier alpha value is -1.56. The van der Waals surface area contributed by atoms with Gasteiger partial charge in [0.15, 0.2) is 0 Å². The van der Waals surface area contributed by atoms with Gasteiger partial charge in [-0.3, -0.25) is 4.31 Å². The number of anilines is 1. The summed E-state index contributed by atoms with van der Waals surface area (Å²) in [4.78, 5) is 12.3. The fraction of sp³-hybridized carbons (Fsp3) is 0.611. The van der Waals surface area contributed by atoms with Crippen LogP contribution >= 0.6 is 0 Å².